The van der Waals surface area contributed by atoms with Crippen LogP contribution >= 0.6 is 15.9 Å². The molecule has 0 radical (unpaired) electrons. The first kappa shape index (κ1) is 7.61. The van der Waals surface area contributed by atoms with Crippen LogP contribution in [0.25, 0.3) is 0 Å². The number of hydrogen-bond donors (Lipinski definition) is 0. The summed E-state index contributed by atoms with van der Waals surface area (Å²) in [6, 6.07) is 5.90. The third-order valence-corrected chi connectivity index (χ3v) is 2.30. The Labute approximate surface area is 69.1 Å². The molecule has 0 aliphatic rings. The van der Waals surface area contributed by atoms with E-state index in [1.54, 1.807) is 7.11 Å². The molecular weight excluding hydrogens is 192 g/mol. The van der Waals surface area contributed by atoms with Gasteiger partial charge in [0, 0.05) is 10.0 Å². The fraction of sp³-hybridized carbons (Fsp3) is 0.250. The molecule has 1 aromatic carbocycles. The zero-order chi connectivity index (χ0) is 7.56. The lowest BCUT2D eigenvalue weighted by molar-refractivity contribution is 0.411. The second kappa shape index (κ2) is 3.06. The van der Waals surface area contributed by atoms with Gasteiger partial charge in [-0.25, -0.2) is 0 Å². The molecule has 0 N–H and O–H groups in total. The highest BCUT2D eigenvalue weighted by Crippen LogP contribution is 2.24. The summed E-state index contributed by atoms with van der Waals surface area (Å²) in [7, 11) is 1.68. The second-order valence-corrected chi connectivity index (χ2v) is 2.92. The van der Waals surface area contributed by atoms with Crippen LogP contribution in [0.4, 0.5) is 0 Å². The summed E-state index contributed by atoms with van der Waals surface area (Å²) in [6.45, 7) is 2.02. The summed E-state index contributed by atoms with van der Waals surface area (Å²) in [4.78, 5) is 0. The summed E-state index contributed by atoms with van der Waals surface area (Å²) >= 11 is 3.41. The Morgan fingerprint density at radius 1 is 1.40 bits per heavy atom. The second-order valence-electron chi connectivity index (χ2n) is 2.07. The van der Waals surface area contributed by atoms with Crippen molar-refractivity contribution in [3.8, 4) is 5.75 Å². The van der Waals surface area contributed by atoms with E-state index in [0.29, 0.717) is 0 Å². The Hall–Kier alpha value is -0.500. The van der Waals surface area contributed by atoms with E-state index in [9.17, 15) is 0 Å². The SMILES string of the molecule is COc1cccc(Br)c1C. The maximum absolute atomic E-state index is 5.10. The minimum absolute atomic E-state index is 0.925. The van der Waals surface area contributed by atoms with E-state index >= 15 is 0 Å². The lowest BCUT2D eigenvalue weighted by Gasteiger charge is -2.04. The maximum Gasteiger partial charge on any atom is 0.122 e. The average molecular weight is 201 g/mol. The van der Waals surface area contributed by atoms with Crippen molar-refractivity contribution >= 4 is 15.9 Å². The molecule has 10 heavy (non-hydrogen) atoms. The molecule has 0 aliphatic carbocycles. The number of methoxy groups -OCH3 is 1. The van der Waals surface area contributed by atoms with Gasteiger partial charge in [0.1, 0.15) is 5.75 Å². The molecule has 1 nitrogen and oxygen atoms in total. The van der Waals surface area contributed by atoms with E-state index in [1.165, 1.54) is 0 Å². The fourth-order valence-corrected chi connectivity index (χ4v) is 1.16. The molecule has 0 bridgehead atoms. The van der Waals surface area contributed by atoms with Crippen molar-refractivity contribution in [3.63, 3.8) is 0 Å². The first-order chi connectivity index (χ1) is 4.75. The molecule has 0 aromatic heterocycles. The van der Waals surface area contributed by atoms with Crippen molar-refractivity contribution < 1.29 is 4.74 Å². The van der Waals surface area contributed by atoms with E-state index in [-0.39, 0.29) is 0 Å². The molecule has 0 saturated heterocycles. The van der Waals surface area contributed by atoms with Crippen LogP contribution in [0, 0.1) is 6.92 Å². The molecule has 1 aromatic rings. The topological polar surface area (TPSA) is 9.23 Å². The standard InChI is InChI=1S/C8H9BrO/c1-6-7(9)4-3-5-8(6)10-2/h3-5H,1-2H3. The van der Waals surface area contributed by atoms with Gasteiger partial charge in [-0.3, -0.25) is 0 Å². The van der Waals surface area contributed by atoms with Gasteiger partial charge in [0.05, 0.1) is 7.11 Å². The van der Waals surface area contributed by atoms with Gasteiger partial charge < -0.3 is 4.74 Å². The van der Waals surface area contributed by atoms with Crippen LogP contribution in [-0.2, 0) is 0 Å². The van der Waals surface area contributed by atoms with Gasteiger partial charge in [-0.15, -0.1) is 0 Å². The average Bonchev–Trinajstić information content (AvgIpc) is 1.95. The van der Waals surface area contributed by atoms with Crippen LogP contribution in [0.5, 0.6) is 5.75 Å². The Morgan fingerprint density at radius 2 is 2.10 bits per heavy atom. The van der Waals surface area contributed by atoms with Crippen molar-refractivity contribution in [2.24, 2.45) is 0 Å². The normalized spacial score (nSPS) is 9.50. The van der Waals surface area contributed by atoms with Crippen LogP contribution in [0.1, 0.15) is 5.56 Å². The molecule has 0 amide bonds. The highest BCUT2D eigenvalue weighted by molar-refractivity contribution is 9.10. The van der Waals surface area contributed by atoms with E-state index in [0.717, 1.165) is 15.8 Å². The van der Waals surface area contributed by atoms with Gasteiger partial charge in [0.2, 0.25) is 0 Å². The molecule has 0 heterocycles. The van der Waals surface area contributed by atoms with E-state index in [2.05, 4.69) is 15.9 Å². The molecule has 2 heteroatoms. The molecule has 0 atom stereocenters. The number of hydrogen-bond acceptors (Lipinski definition) is 1. The largest absolute Gasteiger partial charge is 0.496 e. The predicted molar refractivity (Wildman–Crippen MR) is 45.4 cm³/mol. The minimum Gasteiger partial charge on any atom is -0.496 e. The van der Waals surface area contributed by atoms with Gasteiger partial charge in [-0.1, -0.05) is 22.0 Å². The summed E-state index contributed by atoms with van der Waals surface area (Å²) < 4.78 is 6.19. The predicted octanol–water partition coefficient (Wildman–Crippen LogP) is 2.77. The van der Waals surface area contributed by atoms with Crippen molar-refractivity contribution in [2.75, 3.05) is 7.11 Å². The zero-order valence-corrected chi connectivity index (χ0v) is 7.60. The van der Waals surface area contributed by atoms with Crippen LogP contribution in [0.2, 0.25) is 0 Å². The Bertz CT molecular complexity index is 233. The molecule has 54 valence electrons. The number of halogens is 1. The Balaban J connectivity index is 3.14. The third kappa shape index (κ3) is 1.32. The quantitative estimate of drug-likeness (QED) is 0.678. The first-order valence-electron chi connectivity index (χ1n) is 3.05. The zero-order valence-electron chi connectivity index (χ0n) is 6.02. The van der Waals surface area contributed by atoms with Gasteiger partial charge in [-0.2, -0.15) is 0 Å². The van der Waals surface area contributed by atoms with Crippen LogP contribution < -0.4 is 4.74 Å². The lowest BCUT2D eigenvalue weighted by atomic mass is 10.2. The van der Waals surface area contributed by atoms with E-state index in [4.69, 9.17) is 4.74 Å². The maximum atomic E-state index is 5.10. The summed E-state index contributed by atoms with van der Waals surface area (Å²) in [5, 5.41) is 0. The summed E-state index contributed by atoms with van der Waals surface area (Å²) in [6.07, 6.45) is 0. The van der Waals surface area contributed by atoms with Crippen molar-refractivity contribution in [1.82, 2.24) is 0 Å². The van der Waals surface area contributed by atoms with Crippen LogP contribution in [0.15, 0.2) is 22.7 Å². The first-order valence-corrected chi connectivity index (χ1v) is 3.84. The van der Waals surface area contributed by atoms with Crippen molar-refractivity contribution in [1.29, 1.82) is 0 Å². The van der Waals surface area contributed by atoms with Gasteiger partial charge in [0.25, 0.3) is 0 Å². The summed E-state index contributed by atoms with van der Waals surface area (Å²) in [5.74, 6) is 0.925. The molecule has 0 aliphatic heterocycles. The van der Waals surface area contributed by atoms with Crippen molar-refractivity contribution in [3.05, 3.63) is 28.2 Å². The van der Waals surface area contributed by atoms with E-state index < -0.39 is 0 Å². The lowest BCUT2D eigenvalue weighted by Crippen LogP contribution is -1.86. The van der Waals surface area contributed by atoms with Gasteiger partial charge in [-0.05, 0) is 19.1 Å². The molecule has 0 saturated carbocycles. The molecule has 0 spiro atoms. The molecular formula is C8H9BrO. The number of rotatable bonds is 1. The smallest absolute Gasteiger partial charge is 0.122 e. The minimum atomic E-state index is 0.925. The van der Waals surface area contributed by atoms with Crippen molar-refractivity contribution in [2.45, 2.75) is 6.92 Å². The van der Waals surface area contributed by atoms with Gasteiger partial charge >= 0.3 is 0 Å². The number of ether oxygens (including phenoxy) is 1. The van der Waals surface area contributed by atoms with E-state index in [1.807, 2.05) is 25.1 Å². The Kier molecular flexibility index (Phi) is 2.33. The van der Waals surface area contributed by atoms with Gasteiger partial charge in [0.15, 0.2) is 0 Å². The number of benzene rings is 1. The highest BCUT2D eigenvalue weighted by atomic mass is 79.9. The van der Waals surface area contributed by atoms with Crippen LogP contribution in [0.3, 0.4) is 0 Å². The molecule has 0 unspecified atom stereocenters. The molecule has 1 rings (SSSR count). The third-order valence-electron chi connectivity index (χ3n) is 1.44. The fourth-order valence-electron chi connectivity index (χ4n) is 0.809. The van der Waals surface area contributed by atoms with Crippen LogP contribution in [-0.4, -0.2) is 7.11 Å². The Morgan fingerprint density at radius 3 is 2.60 bits per heavy atom. The molecule has 0 fully saturated rings. The monoisotopic (exact) mass is 200 g/mol. The summed E-state index contributed by atoms with van der Waals surface area (Å²) in [5.41, 5.74) is 1.14. The highest BCUT2D eigenvalue weighted by Gasteiger charge is 1.98.